The Morgan fingerprint density at radius 3 is 2.56 bits per heavy atom. The lowest BCUT2D eigenvalue weighted by molar-refractivity contribution is -0.118. The van der Waals surface area contributed by atoms with Crippen molar-refractivity contribution >= 4 is 47.1 Å². The van der Waals surface area contributed by atoms with E-state index in [1.807, 2.05) is 32.0 Å². The summed E-state index contributed by atoms with van der Waals surface area (Å²) in [4.78, 5) is 20.8. The number of amides is 1. The topological polar surface area (TPSA) is 85.7 Å². The normalized spacial score (nSPS) is 10.9. The maximum absolute atomic E-state index is 12.2. The van der Waals surface area contributed by atoms with Crippen LogP contribution in [0.5, 0.6) is 11.5 Å². The number of carbonyl (C=O) groups excluding carboxylic acids is 1. The highest BCUT2D eigenvalue weighted by atomic mass is 35.5. The zero-order valence-electron chi connectivity index (χ0n) is 20.2. The lowest BCUT2D eigenvalue weighted by Crippen LogP contribution is -2.19. The zero-order chi connectivity index (χ0) is 26.1. The molecule has 1 amide bonds. The van der Waals surface area contributed by atoms with Crippen LogP contribution in [0.3, 0.4) is 0 Å². The van der Waals surface area contributed by atoms with E-state index < -0.39 is 0 Å². The van der Waals surface area contributed by atoms with Crippen LogP contribution in [0.15, 0.2) is 59.3 Å². The Morgan fingerprint density at radius 2 is 1.89 bits per heavy atom. The number of rotatable bonds is 11. The van der Waals surface area contributed by atoms with Crippen LogP contribution in [0.25, 0.3) is 0 Å². The number of thioether (sulfide) groups is 1. The van der Waals surface area contributed by atoms with Crippen molar-refractivity contribution in [1.29, 1.82) is 0 Å². The lowest BCUT2D eigenvalue weighted by Gasteiger charge is -2.16. The molecule has 0 atom stereocenters. The Balaban J connectivity index is 1.68. The van der Waals surface area contributed by atoms with Crippen LogP contribution < -0.4 is 14.9 Å². The number of nitrogens with one attached hydrogen (secondary N) is 1. The number of methoxy groups -OCH3 is 1. The van der Waals surface area contributed by atoms with E-state index in [1.165, 1.54) is 11.8 Å². The molecule has 0 aliphatic carbocycles. The highest BCUT2D eigenvalue weighted by Gasteiger charge is 2.14. The summed E-state index contributed by atoms with van der Waals surface area (Å²) in [5, 5.41) is 5.71. The fourth-order valence-corrected chi connectivity index (χ4v) is 4.47. The first-order valence-electron chi connectivity index (χ1n) is 10.9. The number of aryl methyl sites for hydroxylation is 2. The molecule has 1 heterocycles. The third-order valence-corrected chi connectivity index (χ3v) is 6.26. The molecule has 1 N–H and O–H groups in total. The van der Waals surface area contributed by atoms with Gasteiger partial charge in [0.25, 0.3) is 5.91 Å². The summed E-state index contributed by atoms with van der Waals surface area (Å²) >= 11 is 13.5. The second kappa shape index (κ2) is 13.3. The molecule has 0 fully saturated rings. The van der Waals surface area contributed by atoms with Crippen molar-refractivity contribution in [2.75, 3.05) is 12.9 Å². The highest BCUT2D eigenvalue weighted by Crippen LogP contribution is 2.34. The molecule has 2 aromatic carbocycles. The summed E-state index contributed by atoms with van der Waals surface area (Å²) in [6.07, 6.45) is 3.86. The molecule has 10 heteroatoms. The molecule has 3 rings (SSSR count). The van der Waals surface area contributed by atoms with Crippen LogP contribution in [0.4, 0.5) is 0 Å². The van der Waals surface area contributed by atoms with Crippen LogP contribution >= 0.6 is 35.0 Å². The largest absolute Gasteiger partial charge is 0.493 e. The monoisotopic (exact) mass is 544 g/mol. The summed E-state index contributed by atoms with van der Waals surface area (Å²) in [6.45, 7) is 7.85. The number of nitrogens with zero attached hydrogens (tertiary/aromatic N) is 3. The number of halogens is 2. The van der Waals surface area contributed by atoms with E-state index in [9.17, 15) is 4.79 Å². The van der Waals surface area contributed by atoms with Gasteiger partial charge in [0.15, 0.2) is 16.7 Å². The Hall–Kier alpha value is -3.07. The van der Waals surface area contributed by atoms with Gasteiger partial charge in [0, 0.05) is 32.6 Å². The predicted molar refractivity (Wildman–Crippen MR) is 146 cm³/mol. The van der Waals surface area contributed by atoms with Gasteiger partial charge in [0.1, 0.15) is 6.61 Å². The van der Waals surface area contributed by atoms with Crippen LogP contribution in [-0.4, -0.2) is 35.0 Å². The average Bonchev–Trinajstić information content (AvgIpc) is 2.82. The van der Waals surface area contributed by atoms with E-state index in [0.717, 1.165) is 28.1 Å². The van der Waals surface area contributed by atoms with Crippen molar-refractivity contribution in [2.45, 2.75) is 32.0 Å². The molecule has 0 unspecified atom stereocenters. The van der Waals surface area contributed by atoms with Gasteiger partial charge in [-0.05, 0) is 56.2 Å². The van der Waals surface area contributed by atoms with E-state index in [-0.39, 0.29) is 18.3 Å². The number of hydrogen-bond donors (Lipinski definition) is 1. The molecule has 3 aromatic rings. The maximum atomic E-state index is 12.2. The summed E-state index contributed by atoms with van der Waals surface area (Å²) in [6, 6.07) is 10.8. The van der Waals surface area contributed by atoms with Crippen molar-refractivity contribution in [3.63, 3.8) is 0 Å². The van der Waals surface area contributed by atoms with Crippen molar-refractivity contribution in [3.05, 3.63) is 87.2 Å². The first-order valence-corrected chi connectivity index (χ1v) is 12.7. The van der Waals surface area contributed by atoms with Crippen molar-refractivity contribution in [3.8, 4) is 11.5 Å². The van der Waals surface area contributed by atoms with E-state index in [4.69, 9.17) is 32.7 Å². The molecular formula is C26H26Cl2N4O3S. The fraction of sp³-hybridized carbons (Fsp3) is 0.231. The van der Waals surface area contributed by atoms with Crippen molar-refractivity contribution < 1.29 is 14.3 Å². The molecule has 0 aliphatic heterocycles. The van der Waals surface area contributed by atoms with E-state index in [1.54, 1.807) is 37.6 Å². The zero-order valence-corrected chi connectivity index (χ0v) is 22.5. The predicted octanol–water partition coefficient (Wildman–Crippen LogP) is 5.96. The lowest BCUT2D eigenvalue weighted by atomic mass is 10.1. The third kappa shape index (κ3) is 7.98. The average molecular weight is 545 g/mol. The van der Waals surface area contributed by atoms with Crippen LogP contribution in [-0.2, 0) is 17.8 Å². The molecule has 36 heavy (non-hydrogen) atoms. The van der Waals surface area contributed by atoms with Gasteiger partial charge < -0.3 is 9.47 Å². The summed E-state index contributed by atoms with van der Waals surface area (Å²) < 4.78 is 11.6. The van der Waals surface area contributed by atoms with E-state index in [0.29, 0.717) is 33.1 Å². The number of carbonyl (C=O) groups is 1. The molecular weight excluding hydrogens is 519 g/mol. The minimum atomic E-state index is -0.267. The van der Waals surface area contributed by atoms with Gasteiger partial charge in [0.2, 0.25) is 0 Å². The first-order chi connectivity index (χ1) is 17.3. The SMILES string of the molecule is C=CCc1cc(/C=N\NC(=O)CSc2nc(C)cc(C)n2)cc(OC)c1OCc1ccc(Cl)cc1Cl. The van der Waals surface area contributed by atoms with Crippen LogP contribution in [0.2, 0.25) is 10.0 Å². The van der Waals surface area contributed by atoms with Gasteiger partial charge >= 0.3 is 0 Å². The second-order valence-corrected chi connectivity index (χ2v) is 9.53. The maximum Gasteiger partial charge on any atom is 0.250 e. The number of allylic oxidation sites excluding steroid dienone is 1. The van der Waals surface area contributed by atoms with E-state index >= 15 is 0 Å². The molecule has 1 aromatic heterocycles. The summed E-state index contributed by atoms with van der Waals surface area (Å²) in [5.74, 6) is 0.979. The van der Waals surface area contributed by atoms with Crippen molar-refractivity contribution in [1.82, 2.24) is 15.4 Å². The van der Waals surface area contributed by atoms with Crippen LogP contribution in [0.1, 0.15) is 28.1 Å². The van der Waals surface area contributed by atoms with Gasteiger partial charge in [-0.2, -0.15) is 5.10 Å². The summed E-state index contributed by atoms with van der Waals surface area (Å²) in [5.41, 5.74) is 6.62. The number of ether oxygens (including phenoxy) is 2. The second-order valence-electron chi connectivity index (χ2n) is 7.74. The fourth-order valence-electron chi connectivity index (χ4n) is 3.27. The standard InChI is InChI=1S/C26H26Cl2N4O3S/c1-5-6-19-10-18(13-29-32-24(33)15-36-26-30-16(2)9-17(3)31-26)11-23(34-4)25(19)35-14-20-7-8-21(27)12-22(20)28/h5,7-13H,1,6,14-15H2,2-4H3,(H,32,33)/b29-13-. The Bertz CT molecular complexity index is 1260. The number of aromatic nitrogens is 2. The van der Waals surface area contributed by atoms with Crippen LogP contribution in [0, 0.1) is 13.8 Å². The Kier molecular flexibility index (Phi) is 10.2. The highest BCUT2D eigenvalue weighted by molar-refractivity contribution is 7.99. The first kappa shape index (κ1) is 27.5. The minimum Gasteiger partial charge on any atom is -0.493 e. The number of benzene rings is 2. The summed E-state index contributed by atoms with van der Waals surface area (Å²) in [7, 11) is 1.56. The van der Waals surface area contributed by atoms with E-state index in [2.05, 4.69) is 27.1 Å². The van der Waals surface area contributed by atoms with Gasteiger partial charge in [-0.25, -0.2) is 15.4 Å². The van der Waals surface area contributed by atoms with Gasteiger partial charge in [0.05, 0.1) is 19.1 Å². The molecule has 0 bridgehead atoms. The Labute approximate surface area is 224 Å². The Morgan fingerprint density at radius 1 is 1.14 bits per heavy atom. The molecule has 0 saturated heterocycles. The van der Waals surface area contributed by atoms with Gasteiger partial charge in [-0.3, -0.25) is 4.79 Å². The smallest absolute Gasteiger partial charge is 0.250 e. The molecule has 0 radical (unpaired) electrons. The number of hydrazone groups is 1. The molecule has 0 aliphatic rings. The molecule has 188 valence electrons. The van der Waals surface area contributed by atoms with Gasteiger partial charge in [-0.15, -0.1) is 6.58 Å². The molecule has 0 spiro atoms. The third-order valence-electron chi connectivity index (χ3n) is 4.82. The molecule has 0 saturated carbocycles. The van der Waals surface area contributed by atoms with Gasteiger partial charge in [-0.1, -0.05) is 47.1 Å². The quantitative estimate of drug-likeness (QED) is 0.105. The minimum absolute atomic E-state index is 0.144. The molecule has 7 nitrogen and oxygen atoms in total. The van der Waals surface area contributed by atoms with Crippen molar-refractivity contribution in [2.24, 2.45) is 5.10 Å². The number of hydrogen-bond acceptors (Lipinski definition) is 7.